The Labute approximate surface area is 468 Å². The fourth-order valence-corrected chi connectivity index (χ4v) is 9.48. The first-order valence-corrected chi connectivity index (χ1v) is 28.6. The van der Waals surface area contributed by atoms with E-state index in [1.165, 1.54) is 18.2 Å². The highest BCUT2D eigenvalue weighted by Gasteiger charge is 2.25. The van der Waals surface area contributed by atoms with E-state index in [1.54, 1.807) is 6.08 Å². The largest absolute Gasteiger partial charge is 0.493 e. The van der Waals surface area contributed by atoms with Crippen molar-refractivity contribution in [3.63, 3.8) is 0 Å². The zero-order chi connectivity index (χ0) is 55.6. The van der Waals surface area contributed by atoms with Crippen LogP contribution in [0.1, 0.15) is 203 Å². The predicted molar refractivity (Wildman–Crippen MR) is 316 cm³/mol. The van der Waals surface area contributed by atoms with Crippen LogP contribution in [0.5, 0.6) is 23.0 Å². The fraction of sp³-hybridized carbons (Fsp3) is 0.492. The van der Waals surface area contributed by atoms with E-state index in [-0.39, 0.29) is 0 Å². The summed E-state index contributed by atoms with van der Waals surface area (Å²) in [6.07, 6.45) is 18.8. The van der Waals surface area contributed by atoms with Crippen LogP contribution in [0.25, 0.3) is 18.2 Å². The number of fused-ring (bicyclic) bond motifs is 8. The molecule has 0 amide bonds. The first-order chi connectivity index (χ1) is 36.0. The molecule has 1 aliphatic rings. The SMILES string of the molecule is CCCCOc1c2cc(I)cc1Cc1cc(/C=C/C(=O)OC(C)(C)C)cc(c1OCCCC)Cc1cc(/C=C/C(=O)OC(C)(C)C)cc(c1OCCCC)Cc1cc(/C=C/C(=O)OC(C)(C)C)cc(c1OCCCC)C2. The van der Waals surface area contributed by atoms with Crippen LogP contribution in [0.15, 0.2) is 66.8 Å². The van der Waals surface area contributed by atoms with Crippen LogP contribution in [0.2, 0.25) is 0 Å². The molecule has 0 unspecified atom stereocenters. The van der Waals surface area contributed by atoms with Gasteiger partial charge in [-0.25, -0.2) is 14.4 Å². The number of ether oxygens (including phenoxy) is 7. The summed E-state index contributed by atoms with van der Waals surface area (Å²) in [4.78, 5) is 39.8. The Kier molecular flexibility index (Phi) is 23.2. The first-order valence-electron chi connectivity index (χ1n) is 27.5. The van der Waals surface area contributed by atoms with Gasteiger partial charge in [0.2, 0.25) is 0 Å². The highest BCUT2D eigenvalue weighted by molar-refractivity contribution is 14.1. The molecule has 0 fully saturated rings. The minimum atomic E-state index is -0.679. The molecule has 0 saturated carbocycles. The normalized spacial score (nSPS) is 13.0. The van der Waals surface area contributed by atoms with E-state index in [2.05, 4.69) is 98.8 Å². The number of hydrogen-bond donors (Lipinski definition) is 0. The molecule has 412 valence electrons. The molecule has 0 heterocycles. The Morgan fingerprint density at radius 2 is 0.605 bits per heavy atom. The van der Waals surface area contributed by atoms with Crippen LogP contribution in [0, 0.1) is 3.57 Å². The molecule has 4 aromatic carbocycles. The summed E-state index contributed by atoms with van der Waals surface area (Å²) in [6.45, 7) is 27.3. The van der Waals surface area contributed by atoms with Crippen molar-refractivity contribution < 1.29 is 47.5 Å². The summed E-state index contributed by atoms with van der Waals surface area (Å²) in [6, 6.07) is 17.0. The lowest BCUT2D eigenvalue weighted by Crippen LogP contribution is -2.22. The Balaban J connectivity index is 1.96. The van der Waals surface area contributed by atoms with Crippen molar-refractivity contribution in [3.8, 4) is 23.0 Å². The fourth-order valence-electron chi connectivity index (χ4n) is 8.73. The van der Waals surface area contributed by atoms with E-state index in [4.69, 9.17) is 33.2 Å². The smallest absolute Gasteiger partial charge is 0.331 e. The maximum Gasteiger partial charge on any atom is 0.331 e. The lowest BCUT2D eigenvalue weighted by molar-refractivity contribution is -0.149. The standard InChI is InChI=1S/C65H85IO10/c1-14-18-28-70-59-47-32-44(22-25-56(67)74-63(5,6)7)33-48(59)39-50-35-46(24-27-58(69)76-65(11,12)13)37-52(61(50)72-30-20-16-3)41-54-43-55(66)42-53(62(54)73-31-21-17-4)40-51-36-45(23-26-57(68)75-64(8,9)10)34-49(38-47)60(51)71-29-19-15-2/h22-27,32-37,42-43H,14-21,28-31,38-41H2,1-13H3/b25-22+,26-23+,27-24+. The Bertz CT molecular complexity index is 2560. The van der Waals surface area contributed by atoms with E-state index in [1.807, 2.05) is 74.5 Å². The van der Waals surface area contributed by atoms with E-state index in [0.29, 0.717) is 52.1 Å². The van der Waals surface area contributed by atoms with Crippen molar-refractivity contribution in [1.29, 1.82) is 0 Å². The third-order valence-electron chi connectivity index (χ3n) is 12.0. The highest BCUT2D eigenvalue weighted by atomic mass is 127. The molecule has 0 atom stereocenters. The van der Waals surface area contributed by atoms with Crippen LogP contribution < -0.4 is 18.9 Å². The zero-order valence-electron chi connectivity index (χ0n) is 47.9. The molecule has 5 rings (SSSR count). The molecular weight excluding hydrogens is 1070 g/mol. The molecular formula is C65H85IO10. The second-order valence-electron chi connectivity index (χ2n) is 22.7. The van der Waals surface area contributed by atoms with Gasteiger partial charge < -0.3 is 33.2 Å². The average molecular weight is 1150 g/mol. The van der Waals surface area contributed by atoms with Crippen LogP contribution in [-0.4, -0.2) is 61.1 Å². The summed E-state index contributed by atoms with van der Waals surface area (Å²) < 4.78 is 46.1. The van der Waals surface area contributed by atoms with Crippen molar-refractivity contribution in [2.45, 2.75) is 184 Å². The second kappa shape index (κ2) is 28.7. The van der Waals surface area contributed by atoms with Gasteiger partial charge in [0.15, 0.2) is 0 Å². The predicted octanol–water partition coefficient (Wildman–Crippen LogP) is 15.7. The van der Waals surface area contributed by atoms with Crippen molar-refractivity contribution in [3.05, 3.63) is 132 Å². The summed E-state index contributed by atoms with van der Waals surface area (Å²) in [5, 5.41) is 0. The monoisotopic (exact) mass is 1150 g/mol. The van der Waals surface area contributed by atoms with Crippen molar-refractivity contribution in [1.82, 2.24) is 0 Å². The number of carbonyl (C=O) groups is 3. The number of rotatable bonds is 22. The first kappa shape index (κ1) is 61.3. The van der Waals surface area contributed by atoms with Gasteiger partial charge in [0.05, 0.1) is 26.4 Å². The molecule has 0 radical (unpaired) electrons. The third-order valence-corrected chi connectivity index (χ3v) is 12.6. The number of halogens is 1. The maximum atomic E-state index is 13.3. The minimum Gasteiger partial charge on any atom is -0.493 e. The number of hydrogen-bond acceptors (Lipinski definition) is 10. The van der Waals surface area contributed by atoms with Crippen molar-refractivity contribution in [2.24, 2.45) is 0 Å². The van der Waals surface area contributed by atoms with E-state index in [9.17, 15) is 14.4 Å². The number of unbranched alkanes of at least 4 members (excludes halogenated alkanes) is 4. The number of benzene rings is 4. The summed E-state index contributed by atoms with van der Waals surface area (Å²) >= 11 is 2.41. The highest BCUT2D eigenvalue weighted by Crippen LogP contribution is 2.42. The van der Waals surface area contributed by atoms with Crippen LogP contribution >= 0.6 is 22.6 Å². The molecule has 10 nitrogen and oxygen atoms in total. The average Bonchev–Trinajstić information content (AvgIpc) is 3.31. The Hall–Kier alpha value is -5.56. The van der Waals surface area contributed by atoms with Gasteiger partial charge >= 0.3 is 17.9 Å². The lowest BCUT2D eigenvalue weighted by Gasteiger charge is -2.24. The molecule has 0 aliphatic heterocycles. The Morgan fingerprint density at radius 1 is 0.395 bits per heavy atom. The summed E-state index contributed by atoms with van der Waals surface area (Å²) in [5.74, 6) is 1.75. The van der Waals surface area contributed by atoms with Gasteiger partial charge in [-0.3, -0.25) is 0 Å². The van der Waals surface area contributed by atoms with E-state index >= 15 is 0 Å². The summed E-state index contributed by atoms with van der Waals surface area (Å²) in [5.41, 5.74) is 7.86. The van der Waals surface area contributed by atoms with Crippen LogP contribution in [0.3, 0.4) is 0 Å². The molecule has 8 bridgehead atoms. The molecule has 0 N–H and O–H groups in total. The van der Waals surface area contributed by atoms with E-state index in [0.717, 1.165) is 139 Å². The van der Waals surface area contributed by atoms with Gasteiger partial charge in [-0.1, -0.05) is 53.4 Å². The van der Waals surface area contributed by atoms with Crippen LogP contribution in [0.4, 0.5) is 0 Å². The van der Waals surface area contributed by atoms with Gasteiger partial charge in [0, 0.05) is 47.5 Å². The molecule has 0 spiro atoms. The van der Waals surface area contributed by atoms with Gasteiger partial charge in [-0.15, -0.1) is 0 Å². The Morgan fingerprint density at radius 3 is 0.803 bits per heavy atom. The van der Waals surface area contributed by atoms with Gasteiger partial charge in [-0.05, 0) is 239 Å². The molecule has 4 aromatic rings. The van der Waals surface area contributed by atoms with E-state index < -0.39 is 34.7 Å². The lowest BCUT2D eigenvalue weighted by atomic mass is 9.88. The quantitative estimate of drug-likeness (QED) is 0.0218. The van der Waals surface area contributed by atoms with Gasteiger partial charge in [0.25, 0.3) is 0 Å². The van der Waals surface area contributed by atoms with Gasteiger partial charge in [-0.2, -0.15) is 0 Å². The van der Waals surface area contributed by atoms with Crippen LogP contribution in [-0.2, 0) is 54.3 Å². The topological polar surface area (TPSA) is 116 Å². The molecule has 0 aromatic heterocycles. The minimum absolute atomic E-state index is 0.381. The molecule has 0 saturated heterocycles. The van der Waals surface area contributed by atoms with Gasteiger partial charge in [0.1, 0.15) is 39.8 Å². The molecule has 11 heteroatoms. The van der Waals surface area contributed by atoms with Crippen molar-refractivity contribution >= 4 is 58.7 Å². The second-order valence-corrected chi connectivity index (χ2v) is 23.9. The van der Waals surface area contributed by atoms with Crippen molar-refractivity contribution in [2.75, 3.05) is 26.4 Å². The maximum absolute atomic E-state index is 13.3. The third kappa shape index (κ3) is 20.1. The number of carbonyl (C=O) groups excluding carboxylic acids is 3. The number of esters is 3. The zero-order valence-corrected chi connectivity index (χ0v) is 50.0. The molecule has 76 heavy (non-hydrogen) atoms. The molecule has 1 aliphatic carbocycles. The summed E-state index contributed by atoms with van der Waals surface area (Å²) in [7, 11) is 0.